The number of benzene rings is 1. The maximum atomic E-state index is 5.87. The molecule has 3 rings (SSSR count). The van der Waals surface area contributed by atoms with E-state index >= 15 is 0 Å². The first-order valence-electron chi connectivity index (χ1n) is 7.63. The monoisotopic (exact) mass is 269 g/mol. The summed E-state index contributed by atoms with van der Waals surface area (Å²) >= 11 is 0. The van der Waals surface area contributed by atoms with E-state index in [0.717, 1.165) is 18.7 Å². The van der Waals surface area contributed by atoms with Crippen molar-refractivity contribution in [1.29, 1.82) is 0 Å². The molecule has 0 spiro atoms. The van der Waals surface area contributed by atoms with Gasteiger partial charge in [-0.05, 0) is 36.3 Å². The van der Waals surface area contributed by atoms with Crippen molar-refractivity contribution < 1.29 is 0 Å². The summed E-state index contributed by atoms with van der Waals surface area (Å²) in [6.07, 6.45) is 3.50. The van der Waals surface area contributed by atoms with Crippen LogP contribution >= 0.6 is 0 Å². The molecule has 2 aromatic rings. The van der Waals surface area contributed by atoms with Crippen LogP contribution in [0, 0.1) is 0 Å². The van der Waals surface area contributed by atoms with Crippen LogP contribution in [0.2, 0.25) is 0 Å². The standard InChI is InChI=1S/C17H23N3/c1-3-12(2)13-6-8-14(9-7-13)17-15(11-18)19-20-10-4-5-16(17)20/h6-9,12H,3-5,10-11,18H2,1-2H3. The second-order valence-electron chi connectivity index (χ2n) is 5.73. The molecule has 2 N–H and O–H groups in total. The van der Waals surface area contributed by atoms with Crippen molar-refractivity contribution in [2.45, 2.75) is 52.1 Å². The Bertz CT molecular complexity index is 595. The molecule has 1 aromatic carbocycles. The molecule has 0 saturated heterocycles. The summed E-state index contributed by atoms with van der Waals surface area (Å²) in [5.41, 5.74) is 12.2. The molecule has 3 nitrogen and oxygen atoms in total. The Kier molecular flexibility index (Phi) is 3.62. The minimum absolute atomic E-state index is 0.516. The van der Waals surface area contributed by atoms with Crippen molar-refractivity contribution in [3.63, 3.8) is 0 Å². The molecule has 2 heterocycles. The maximum absolute atomic E-state index is 5.87. The van der Waals surface area contributed by atoms with Gasteiger partial charge in [0.1, 0.15) is 0 Å². The van der Waals surface area contributed by atoms with Gasteiger partial charge in [-0.3, -0.25) is 4.68 Å². The van der Waals surface area contributed by atoms with E-state index in [-0.39, 0.29) is 0 Å². The van der Waals surface area contributed by atoms with Gasteiger partial charge >= 0.3 is 0 Å². The fourth-order valence-corrected chi connectivity index (χ4v) is 3.08. The number of rotatable bonds is 4. The van der Waals surface area contributed by atoms with Crippen LogP contribution in [0.15, 0.2) is 24.3 Å². The summed E-state index contributed by atoms with van der Waals surface area (Å²) in [7, 11) is 0. The lowest BCUT2D eigenvalue weighted by Gasteiger charge is -2.10. The molecule has 1 aliphatic rings. The van der Waals surface area contributed by atoms with Gasteiger partial charge in [-0.2, -0.15) is 5.10 Å². The van der Waals surface area contributed by atoms with E-state index < -0.39 is 0 Å². The molecule has 106 valence electrons. The van der Waals surface area contributed by atoms with Crippen LogP contribution < -0.4 is 5.73 Å². The summed E-state index contributed by atoms with van der Waals surface area (Å²) in [6.45, 7) is 6.06. The largest absolute Gasteiger partial charge is 0.325 e. The van der Waals surface area contributed by atoms with Crippen LogP contribution in [-0.2, 0) is 19.5 Å². The highest BCUT2D eigenvalue weighted by molar-refractivity contribution is 5.69. The first-order chi connectivity index (χ1) is 9.74. The Morgan fingerprint density at radius 3 is 2.70 bits per heavy atom. The van der Waals surface area contributed by atoms with Crippen molar-refractivity contribution >= 4 is 0 Å². The van der Waals surface area contributed by atoms with Crippen molar-refractivity contribution in [3.05, 3.63) is 41.2 Å². The Hall–Kier alpha value is -1.61. The molecule has 1 aromatic heterocycles. The zero-order valence-electron chi connectivity index (χ0n) is 12.4. The summed E-state index contributed by atoms with van der Waals surface area (Å²) in [5.74, 6) is 0.621. The van der Waals surface area contributed by atoms with E-state index in [1.54, 1.807) is 0 Å². The summed E-state index contributed by atoms with van der Waals surface area (Å²) in [5, 5.41) is 4.65. The average Bonchev–Trinajstić information content (AvgIpc) is 3.06. The van der Waals surface area contributed by atoms with Gasteiger partial charge < -0.3 is 5.73 Å². The lowest BCUT2D eigenvalue weighted by molar-refractivity contribution is 0.644. The minimum atomic E-state index is 0.516. The molecule has 0 aliphatic carbocycles. The number of aryl methyl sites for hydroxylation is 1. The van der Waals surface area contributed by atoms with E-state index in [4.69, 9.17) is 5.73 Å². The Morgan fingerprint density at radius 1 is 1.30 bits per heavy atom. The van der Waals surface area contributed by atoms with E-state index in [9.17, 15) is 0 Å². The SMILES string of the molecule is CCC(C)c1ccc(-c2c(CN)nn3c2CCC3)cc1. The van der Waals surface area contributed by atoms with E-state index in [0.29, 0.717) is 12.5 Å². The maximum Gasteiger partial charge on any atom is 0.0841 e. The van der Waals surface area contributed by atoms with Gasteiger partial charge in [0.05, 0.1) is 5.69 Å². The highest BCUT2D eigenvalue weighted by Gasteiger charge is 2.21. The Labute approximate surface area is 120 Å². The smallest absolute Gasteiger partial charge is 0.0841 e. The fraction of sp³-hybridized carbons (Fsp3) is 0.471. The van der Waals surface area contributed by atoms with Crippen LogP contribution in [-0.4, -0.2) is 9.78 Å². The summed E-state index contributed by atoms with van der Waals surface area (Å²) < 4.78 is 2.14. The summed E-state index contributed by atoms with van der Waals surface area (Å²) in [4.78, 5) is 0. The van der Waals surface area contributed by atoms with Crippen LogP contribution in [0.4, 0.5) is 0 Å². The Morgan fingerprint density at radius 2 is 2.05 bits per heavy atom. The minimum Gasteiger partial charge on any atom is -0.325 e. The zero-order valence-corrected chi connectivity index (χ0v) is 12.4. The average molecular weight is 269 g/mol. The van der Waals surface area contributed by atoms with Gasteiger partial charge in [-0.1, -0.05) is 38.1 Å². The molecule has 0 bridgehead atoms. The Balaban J connectivity index is 2.01. The van der Waals surface area contributed by atoms with Gasteiger partial charge in [0.15, 0.2) is 0 Å². The zero-order chi connectivity index (χ0) is 14.1. The number of hydrogen-bond donors (Lipinski definition) is 1. The number of nitrogens with two attached hydrogens (primary N) is 1. The van der Waals surface area contributed by atoms with Crippen LogP contribution in [0.1, 0.15) is 49.6 Å². The van der Waals surface area contributed by atoms with Crippen LogP contribution in [0.5, 0.6) is 0 Å². The number of fused-ring (bicyclic) bond motifs is 1. The van der Waals surface area contributed by atoms with Crippen molar-refractivity contribution in [1.82, 2.24) is 9.78 Å². The lowest BCUT2D eigenvalue weighted by atomic mass is 9.95. The third-order valence-corrected chi connectivity index (χ3v) is 4.49. The highest BCUT2D eigenvalue weighted by Crippen LogP contribution is 2.32. The third-order valence-electron chi connectivity index (χ3n) is 4.49. The second kappa shape index (κ2) is 5.41. The first-order valence-corrected chi connectivity index (χ1v) is 7.63. The van der Waals surface area contributed by atoms with Gasteiger partial charge in [0.25, 0.3) is 0 Å². The van der Waals surface area contributed by atoms with Crippen LogP contribution in [0.25, 0.3) is 11.1 Å². The lowest BCUT2D eigenvalue weighted by Crippen LogP contribution is -2.01. The van der Waals surface area contributed by atoms with Gasteiger partial charge in [0.2, 0.25) is 0 Å². The van der Waals surface area contributed by atoms with Crippen molar-refractivity contribution in [3.8, 4) is 11.1 Å². The van der Waals surface area contributed by atoms with E-state index in [1.807, 2.05) is 0 Å². The first kappa shape index (κ1) is 13.4. The second-order valence-corrected chi connectivity index (χ2v) is 5.73. The molecule has 0 saturated carbocycles. The van der Waals surface area contributed by atoms with Gasteiger partial charge in [-0.25, -0.2) is 0 Å². The van der Waals surface area contributed by atoms with Crippen molar-refractivity contribution in [2.24, 2.45) is 5.73 Å². The van der Waals surface area contributed by atoms with Gasteiger partial charge in [-0.15, -0.1) is 0 Å². The molecular formula is C17H23N3. The van der Waals surface area contributed by atoms with Crippen LogP contribution in [0.3, 0.4) is 0 Å². The quantitative estimate of drug-likeness (QED) is 0.923. The van der Waals surface area contributed by atoms with E-state index in [1.165, 1.54) is 35.2 Å². The number of aromatic nitrogens is 2. The number of hydrogen-bond acceptors (Lipinski definition) is 2. The molecule has 0 amide bonds. The molecule has 3 heteroatoms. The molecule has 0 fully saturated rings. The summed E-state index contributed by atoms with van der Waals surface area (Å²) in [6, 6.07) is 8.97. The van der Waals surface area contributed by atoms with Crippen molar-refractivity contribution in [2.75, 3.05) is 0 Å². The molecule has 1 atom stereocenters. The third kappa shape index (κ3) is 2.16. The molecule has 20 heavy (non-hydrogen) atoms. The topological polar surface area (TPSA) is 43.8 Å². The number of nitrogens with zero attached hydrogens (tertiary/aromatic N) is 2. The molecule has 1 unspecified atom stereocenters. The van der Waals surface area contributed by atoms with E-state index in [2.05, 4.69) is 47.9 Å². The predicted molar refractivity (Wildman–Crippen MR) is 82.6 cm³/mol. The highest BCUT2D eigenvalue weighted by atomic mass is 15.3. The van der Waals surface area contributed by atoms with Gasteiger partial charge in [0, 0.05) is 24.3 Å². The molecule has 0 radical (unpaired) electrons. The molecular weight excluding hydrogens is 246 g/mol. The molecule has 1 aliphatic heterocycles. The predicted octanol–water partition coefficient (Wildman–Crippen LogP) is 3.47. The fourth-order valence-electron chi connectivity index (χ4n) is 3.08. The normalized spacial score (nSPS) is 15.3.